The highest BCUT2D eigenvalue weighted by molar-refractivity contribution is 7.99. The van der Waals surface area contributed by atoms with Crippen LogP contribution in [0.5, 0.6) is 5.75 Å². The Morgan fingerprint density at radius 2 is 2.06 bits per heavy atom. The first-order chi connectivity index (χ1) is 14.6. The Hall–Kier alpha value is -2.03. The van der Waals surface area contributed by atoms with Gasteiger partial charge in [-0.1, -0.05) is 23.9 Å². The molecule has 2 fully saturated rings. The van der Waals surface area contributed by atoms with E-state index >= 15 is 0 Å². The van der Waals surface area contributed by atoms with E-state index < -0.39 is 0 Å². The SMILES string of the molecule is COc1ccc(C23CC2CN(CCCSc2nnc(-c4ocnc4C)n2C)C3)cc1.Cl. The van der Waals surface area contributed by atoms with Crippen LogP contribution < -0.4 is 4.74 Å². The second kappa shape index (κ2) is 8.84. The topological polar surface area (TPSA) is 69.2 Å². The van der Waals surface area contributed by atoms with Crippen LogP contribution in [0.4, 0.5) is 0 Å². The number of oxazole rings is 1. The molecule has 2 unspecified atom stereocenters. The number of fused-ring (bicyclic) bond motifs is 1. The summed E-state index contributed by atoms with van der Waals surface area (Å²) < 4.78 is 12.7. The number of piperidine rings is 1. The fourth-order valence-corrected chi connectivity index (χ4v) is 5.57. The number of rotatable bonds is 8. The van der Waals surface area contributed by atoms with Gasteiger partial charge in [-0.05, 0) is 49.9 Å². The molecule has 3 aromatic rings. The van der Waals surface area contributed by atoms with Crippen molar-refractivity contribution in [2.24, 2.45) is 13.0 Å². The Labute approximate surface area is 193 Å². The predicted octanol–water partition coefficient (Wildman–Crippen LogP) is 3.96. The van der Waals surface area contributed by atoms with Gasteiger partial charge in [0, 0.05) is 31.3 Å². The van der Waals surface area contributed by atoms with Crippen molar-refractivity contribution in [1.29, 1.82) is 0 Å². The molecule has 166 valence electrons. The van der Waals surface area contributed by atoms with Crippen molar-refractivity contribution in [1.82, 2.24) is 24.6 Å². The van der Waals surface area contributed by atoms with E-state index in [4.69, 9.17) is 9.15 Å². The zero-order chi connectivity index (χ0) is 20.7. The molecular formula is C22H28ClN5O2S. The van der Waals surface area contributed by atoms with Gasteiger partial charge in [-0.2, -0.15) is 0 Å². The highest BCUT2D eigenvalue weighted by Crippen LogP contribution is 2.59. The normalized spacial score (nSPS) is 22.2. The summed E-state index contributed by atoms with van der Waals surface area (Å²) in [5.41, 5.74) is 2.69. The predicted molar refractivity (Wildman–Crippen MR) is 123 cm³/mol. The first kappa shape index (κ1) is 22.2. The molecule has 2 aromatic heterocycles. The Kier molecular flexibility index (Phi) is 6.32. The molecule has 9 heteroatoms. The second-order valence-corrected chi connectivity index (χ2v) is 9.42. The Morgan fingerprint density at radius 1 is 1.26 bits per heavy atom. The fraction of sp³-hybridized carbons (Fsp3) is 0.500. The van der Waals surface area contributed by atoms with Crippen LogP contribution in [-0.4, -0.2) is 57.1 Å². The molecule has 2 aliphatic rings. The molecule has 31 heavy (non-hydrogen) atoms. The number of hydrogen-bond donors (Lipinski definition) is 0. The maximum Gasteiger partial charge on any atom is 0.202 e. The molecule has 1 aromatic carbocycles. The lowest BCUT2D eigenvalue weighted by Crippen LogP contribution is -2.27. The summed E-state index contributed by atoms with van der Waals surface area (Å²) in [5, 5.41) is 9.53. The van der Waals surface area contributed by atoms with E-state index in [9.17, 15) is 0 Å². The van der Waals surface area contributed by atoms with Crippen molar-refractivity contribution in [3.05, 3.63) is 41.9 Å². The highest BCUT2D eigenvalue weighted by Gasteiger charge is 2.60. The van der Waals surface area contributed by atoms with Gasteiger partial charge in [0.2, 0.25) is 5.82 Å². The minimum absolute atomic E-state index is 0. The van der Waals surface area contributed by atoms with E-state index in [1.807, 2.05) is 18.5 Å². The van der Waals surface area contributed by atoms with Gasteiger partial charge in [0.25, 0.3) is 0 Å². The van der Waals surface area contributed by atoms with Gasteiger partial charge in [0.15, 0.2) is 17.3 Å². The smallest absolute Gasteiger partial charge is 0.202 e. The Balaban J connectivity index is 0.00000231. The van der Waals surface area contributed by atoms with Crippen LogP contribution in [0.1, 0.15) is 24.1 Å². The third-order valence-electron chi connectivity index (χ3n) is 6.51. The lowest BCUT2D eigenvalue weighted by atomic mass is 9.95. The third-order valence-corrected chi connectivity index (χ3v) is 7.62. The number of methoxy groups -OCH3 is 1. The van der Waals surface area contributed by atoms with E-state index in [-0.39, 0.29) is 12.4 Å². The zero-order valence-electron chi connectivity index (χ0n) is 18.1. The molecular weight excluding hydrogens is 434 g/mol. The third kappa shape index (κ3) is 4.08. The Morgan fingerprint density at radius 3 is 2.77 bits per heavy atom. The monoisotopic (exact) mass is 461 g/mol. The summed E-state index contributed by atoms with van der Waals surface area (Å²) in [6.07, 6.45) is 3.92. The quantitative estimate of drug-likeness (QED) is 0.371. The van der Waals surface area contributed by atoms with E-state index in [0.29, 0.717) is 11.2 Å². The molecule has 1 saturated carbocycles. The number of benzene rings is 1. The van der Waals surface area contributed by atoms with Gasteiger partial charge < -0.3 is 18.6 Å². The molecule has 0 amide bonds. The first-order valence-electron chi connectivity index (χ1n) is 10.4. The number of thioether (sulfide) groups is 1. The van der Waals surface area contributed by atoms with Crippen LogP contribution in [0, 0.1) is 12.8 Å². The largest absolute Gasteiger partial charge is 0.497 e. The molecule has 5 rings (SSSR count). The van der Waals surface area contributed by atoms with Crippen LogP contribution >= 0.6 is 24.2 Å². The van der Waals surface area contributed by atoms with Crippen molar-refractivity contribution in [3.63, 3.8) is 0 Å². The molecule has 3 heterocycles. The van der Waals surface area contributed by atoms with Crippen molar-refractivity contribution in [2.75, 3.05) is 32.5 Å². The van der Waals surface area contributed by atoms with Crippen molar-refractivity contribution in [2.45, 2.75) is 30.3 Å². The number of nitrogens with zero attached hydrogens (tertiary/aromatic N) is 5. The number of ether oxygens (including phenoxy) is 1. The first-order valence-corrected chi connectivity index (χ1v) is 11.4. The van der Waals surface area contributed by atoms with Gasteiger partial charge in [0.1, 0.15) is 5.75 Å². The molecule has 7 nitrogen and oxygen atoms in total. The maximum atomic E-state index is 5.45. The average Bonchev–Trinajstić information content (AvgIpc) is 3.05. The molecule has 0 spiro atoms. The van der Waals surface area contributed by atoms with E-state index in [2.05, 4.69) is 44.3 Å². The van der Waals surface area contributed by atoms with Gasteiger partial charge in [-0.25, -0.2) is 4.98 Å². The van der Waals surface area contributed by atoms with Crippen LogP contribution in [0.2, 0.25) is 0 Å². The number of aryl methyl sites for hydroxylation is 1. The summed E-state index contributed by atoms with van der Waals surface area (Å²) in [5.74, 6) is 4.19. The van der Waals surface area contributed by atoms with Gasteiger partial charge in [-0.15, -0.1) is 22.6 Å². The summed E-state index contributed by atoms with van der Waals surface area (Å²) in [7, 11) is 3.70. The molecule has 1 aliphatic heterocycles. The molecule has 0 N–H and O–H groups in total. The van der Waals surface area contributed by atoms with E-state index in [1.165, 1.54) is 31.5 Å². The summed E-state index contributed by atoms with van der Waals surface area (Å²) in [6.45, 7) is 5.44. The fourth-order valence-electron chi connectivity index (χ4n) is 4.73. The summed E-state index contributed by atoms with van der Waals surface area (Å²) >= 11 is 1.75. The standard InChI is InChI=1S/C22H27N5O2S.ClH/c1-15-19(29-14-23-15)20-24-25-21(26(20)2)30-10-4-9-27-12-17-11-22(17,13-27)16-5-7-18(28-3)8-6-16;/h5-8,14,17H,4,9-13H2,1-3H3;1H. The lowest BCUT2D eigenvalue weighted by molar-refractivity contribution is 0.299. The van der Waals surface area contributed by atoms with Crippen LogP contribution in [0.25, 0.3) is 11.6 Å². The molecule has 1 saturated heterocycles. The van der Waals surface area contributed by atoms with Crippen LogP contribution in [0.15, 0.2) is 40.2 Å². The van der Waals surface area contributed by atoms with Crippen LogP contribution in [-0.2, 0) is 12.5 Å². The highest BCUT2D eigenvalue weighted by atomic mass is 35.5. The van der Waals surface area contributed by atoms with Gasteiger partial charge >= 0.3 is 0 Å². The molecule has 0 bridgehead atoms. The number of likely N-dealkylation sites (tertiary alicyclic amines) is 1. The zero-order valence-corrected chi connectivity index (χ0v) is 19.7. The summed E-state index contributed by atoms with van der Waals surface area (Å²) in [6, 6.07) is 8.68. The van der Waals surface area contributed by atoms with E-state index in [1.54, 1.807) is 18.9 Å². The number of hydrogen-bond acceptors (Lipinski definition) is 7. The molecule has 2 atom stereocenters. The molecule has 0 radical (unpaired) electrons. The maximum absolute atomic E-state index is 5.45. The van der Waals surface area contributed by atoms with Crippen molar-refractivity contribution in [3.8, 4) is 17.3 Å². The minimum Gasteiger partial charge on any atom is -0.497 e. The van der Waals surface area contributed by atoms with Crippen molar-refractivity contribution < 1.29 is 9.15 Å². The minimum atomic E-state index is 0. The summed E-state index contributed by atoms with van der Waals surface area (Å²) in [4.78, 5) is 6.77. The van der Waals surface area contributed by atoms with E-state index in [0.717, 1.165) is 47.1 Å². The second-order valence-electron chi connectivity index (χ2n) is 8.35. The number of halogens is 1. The average molecular weight is 462 g/mol. The van der Waals surface area contributed by atoms with Crippen molar-refractivity contribution >= 4 is 24.2 Å². The molecule has 1 aliphatic carbocycles. The Bertz CT molecular complexity index is 1040. The van der Waals surface area contributed by atoms with Crippen LogP contribution in [0.3, 0.4) is 0 Å². The van der Waals surface area contributed by atoms with Gasteiger partial charge in [0.05, 0.1) is 12.8 Å². The lowest BCUT2D eigenvalue weighted by Gasteiger charge is -2.21. The van der Waals surface area contributed by atoms with Gasteiger partial charge in [-0.3, -0.25) is 0 Å². The number of aromatic nitrogens is 4.